The lowest BCUT2D eigenvalue weighted by atomic mass is 10.1. The Morgan fingerprint density at radius 2 is 2.07 bits per heavy atom. The van der Waals surface area contributed by atoms with Crippen molar-refractivity contribution in [3.05, 3.63) is 42.1 Å². The maximum absolute atomic E-state index is 10.7. The number of benzene rings is 1. The molecular weight excluding hydrogens is 198 g/mol. The third-order valence-electron chi connectivity index (χ3n) is 2.00. The molecule has 1 N–H and O–H groups in total. The Balaban J connectivity index is 2.59. The first-order valence-electron chi connectivity index (χ1n) is 4.17. The molecule has 72 valence electrons. The summed E-state index contributed by atoms with van der Waals surface area (Å²) in [4.78, 5) is 4.19. The first-order valence-corrected chi connectivity index (χ1v) is 5.45. The van der Waals surface area contributed by atoms with Crippen LogP contribution in [0.4, 0.5) is 0 Å². The molecule has 1 heterocycles. The quantitative estimate of drug-likeness (QED) is 0.766. The van der Waals surface area contributed by atoms with E-state index in [9.17, 15) is 4.21 Å². The van der Waals surface area contributed by atoms with Gasteiger partial charge < -0.3 is 4.55 Å². The molecule has 2 rings (SSSR count). The van der Waals surface area contributed by atoms with Gasteiger partial charge in [-0.2, -0.15) is 0 Å². The molecule has 1 aromatic carbocycles. The molecule has 1 atom stereocenters. The largest absolute Gasteiger partial charge is 0.306 e. The van der Waals surface area contributed by atoms with Gasteiger partial charge in [-0.3, -0.25) is 4.98 Å². The molecule has 1 unspecified atom stereocenters. The number of hydrogen-bond donors (Lipinski definition) is 1. The molecule has 0 bridgehead atoms. The van der Waals surface area contributed by atoms with E-state index >= 15 is 0 Å². The highest BCUT2D eigenvalue weighted by molar-refractivity contribution is 7.78. The van der Waals surface area contributed by atoms with Crippen LogP contribution in [0.15, 0.2) is 36.5 Å². The van der Waals surface area contributed by atoms with Gasteiger partial charge in [0.1, 0.15) is 0 Å². The van der Waals surface area contributed by atoms with E-state index in [4.69, 9.17) is 4.55 Å². The van der Waals surface area contributed by atoms with Gasteiger partial charge in [-0.1, -0.05) is 24.3 Å². The lowest BCUT2D eigenvalue weighted by molar-refractivity contribution is 0.563. The van der Waals surface area contributed by atoms with Gasteiger partial charge in [0.2, 0.25) is 0 Å². The Morgan fingerprint density at radius 3 is 2.86 bits per heavy atom. The Kier molecular flexibility index (Phi) is 2.56. The van der Waals surface area contributed by atoms with Crippen LogP contribution in [0, 0.1) is 0 Å². The van der Waals surface area contributed by atoms with Crippen LogP contribution in [-0.2, 0) is 16.8 Å². The van der Waals surface area contributed by atoms with Crippen LogP contribution < -0.4 is 0 Å². The average molecular weight is 207 g/mol. The first-order chi connectivity index (χ1) is 6.77. The van der Waals surface area contributed by atoms with Crippen LogP contribution in [-0.4, -0.2) is 13.7 Å². The Bertz CT molecular complexity index is 479. The molecule has 0 spiro atoms. The second-order valence-corrected chi connectivity index (χ2v) is 3.89. The summed E-state index contributed by atoms with van der Waals surface area (Å²) in [6.07, 6.45) is 1.69. The number of hydrogen-bond acceptors (Lipinski definition) is 2. The standard InChI is InChI=1S/C10H9NO2S/c12-14(13)7-9-4-1-3-8-5-2-6-11-10(8)9/h1-6H,7H2,(H,12,13). The van der Waals surface area contributed by atoms with E-state index < -0.39 is 11.1 Å². The van der Waals surface area contributed by atoms with Gasteiger partial charge in [-0.15, -0.1) is 0 Å². The smallest absolute Gasteiger partial charge is 0.157 e. The van der Waals surface area contributed by atoms with E-state index in [1.807, 2.05) is 30.3 Å². The van der Waals surface area contributed by atoms with Crippen molar-refractivity contribution in [2.24, 2.45) is 0 Å². The summed E-state index contributed by atoms with van der Waals surface area (Å²) in [6.45, 7) is 0. The zero-order chi connectivity index (χ0) is 9.97. The minimum absolute atomic E-state index is 0.133. The number of nitrogens with zero attached hydrogens (tertiary/aromatic N) is 1. The number of aromatic nitrogens is 1. The second kappa shape index (κ2) is 3.86. The maximum Gasteiger partial charge on any atom is 0.157 e. The summed E-state index contributed by atoms with van der Waals surface area (Å²) < 4.78 is 19.5. The third kappa shape index (κ3) is 1.81. The normalized spacial score (nSPS) is 12.9. The monoisotopic (exact) mass is 207 g/mol. The van der Waals surface area contributed by atoms with Crippen molar-refractivity contribution < 1.29 is 8.76 Å². The van der Waals surface area contributed by atoms with Crippen LogP contribution >= 0.6 is 0 Å². The molecule has 0 aliphatic carbocycles. The van der Waals surface area contributed by atoms with Gasteiger partial charge in [0, 0.05) is 11.6 Å². The molecule has 1 aromatic heterocycles. The molecule has 0 saturated carbocycles. The number of fused-ring (bicyclic) bond motifs is 1. The molecule has 2 aromatic rings. The molecule has 3 nitrogen and oxygen atoms in total. The van der Waals surface area contributed by atoms with Gasteiger partial charge in [0.25, 0.3) is 0 Å². The molecular formula is C10H9NO2S. The predicted molar refractivity (Wildman–Crippen MR) is 56.2 cm³/mol. The van der Waals surface area contributed by atoms with Crippen molar-refractivity contribution in [2.75, 3.05) is 0 Å². The lowest BCUT2D eigenvalue weighted by Gasteiger charge is -2.02. The topological polar surface area (TPSA) is 50.2 Å². The zero-order valence-corrected chi connectivity index (χ0v) is 8.20. The fraction of sp³-hybridized carbons (Fsp3) is 0.100. The Morgan fingerprint density at radius 1 is 1.29 bits per heavy atom. The van der Waals surface area contributed by atoms with Gasteiger partial charge >= 0.3 is 0 Å². The summed E-state index contributed by atoms with van der Waals surface area (Å²) >= 11 is -1.81. The van der Waals surface area contributed by atoms with Crippen LogP contribution in [0.3, 0.4) is 0 Å². The first kappa shape index (κ1) is 9.30. The summed E-state index contributed by atoms with van der Waals surface area (Å²) in [5.41, 5.74) is 1.61. The van der Waals surface area contributed by atoms with E-state index in [1.165, 1.54) is 0 Å². The van der Waals surface area contributed by atoms with Crippen LogP contribution in [0.5, 0.6) is 0 Å². The van der Waals surface area contributed by atoms with E-state index in [0.717, 1.165) is 16.5 Å². The molecule has 0 fully saturated rings. The van der Waals surface area contributed by atoms with Crippen LogP contribution in [0.1, 0.15) is 5.56 Å². The van der Waals surface area contributed by atoms with Gasteiger partial charge in [-0.05, 0) is 11.6 Å². The highest BCUT2D eigenvalue weighted by Crippen LogP contribution is 2.16. The lowest BCUT2D eigenvalue weighted by Crippen LogP contribution is -1.95. The number of pyridine rings is 1. The average Bonchev–Trinajstić information content (AvgIpc) is 2.18. The molecule has 0 aliphatic heterocycles. The Hall–Kier alpha value is -1.26. The zero-order valence-electron chi connectivity index (χ0n) is 7.38. The van der Waals surface area contributed by atoms with Crippen molar-refractivity contribution in [3.8, 4) is 0 Å². The van der Waals surface area contributed by atoms with Crippen LogP contribution in [0.25, 0.3) is 10.9 Å². The van der Waals surface area contributed by atoms with Crippen molar-refractivity contribution in [1.29, 1.82) is 0 Å². The highest BCUT2D eigenvalue weighted by Gasteiger charge is 2.03. The summed E-state index contributed by atoms with van der Waals surface area (Å²) in [6, 6.07) is 9.41. The van der Waals surface area contributed by atoms with Crippen molar-refractivity contribution in [1.82, 2.24) is 4.98 Å². The molecule has 0 aliphatic rings. The third-order valence-corrected chi connectivity index (χ3v) is 2.55. The van der Waals surface area contributed by atoms with Gasteiger partial charge in [0.15, 0.2) is 11.1 Å². The predicted octanol–water partition coefficient (Wildman–Crippen LogP) is 1.96. The van der Waals surface area contributed by atoms with Crippen molar-refractivity contribution in [3.63, 3.8) is 0 Å². The van der Waals surface area contributed by atoms with Crippen molar-refractivity contribution in [2.45, 2.75) is 5.75 Å². The Labute approximate surface area is 84.1 Å². The fourth-order valence-electron chi connectivity index (χ4n) is 1.42. The van der Waals surface area contributed by atoms with E-state index in [-0.39, 0.29) is 5.75 Å². The van der Waals surface area contributed by atoms with E-state index in [2.05, 4.69) is 4.98 Å². The SMILES string of the molecule is O=S(O)Cc1cccc2cccnc12. The summed E-state index contributed by atoms with van der Waals surface area (Å²) in [5, 5.41) is 0.996. The number of rotatable bonds is 2. The number of para-hydroxylation sites is 1. The summed E-state index contributed by atoms with van der Waals surface area (Å²) in [7, 11) is 0. The molecule has 14 heavy (non-hydrogen) atoms. The molecule has 0 saturated heterocycles. The summed E-state index contributed by atoms with van der Waals surface area (Å²) in [5.74, 6) is 0.133. The maximum atomic E-state index is 10.7. The molecule has 0 amide bonds. The fourth-order valence-corrected chi connectivity index (χ4v) is 1.92. The van der Waals surface area contributed by atoms with Gasteiger partial charge in [0.05, 0.1) is 11.3 Å². The van der Waals surface area contributed by atoms with E-state index in [0.29, 0.717) is 0 Å². The minimum atomic E-state index is -1.81. The second-order valence-electron chi connectivity index (χ2n) is 2.96. The highest BCUT2D eigenvalue weighted by atomic mass is 32.2. The van der Waals surface area contributed by atoms with Gasteiger partial charge in [-0.25, -0.2) is 4.21 Å². The van der Waals surface area contributed by atoms with Crippen LogP contribution in [0.2, 0.25) is 0 Å². The molecule has 0 radical (unpaired) electrons. The van der Waals surface area contributed by atoms with E-state index in [1.54, 1.807) is 6.20 Å². The van der Waals surface area contributed by atoms with Crippen molar-refractivity contribution >= 4 is 22.0 Å². The molecule has 4 heteroatoms. The minimum Gasteiger partial charge on any atom is -0.306 e.